The Morgan fingerprint density at radius 1 is 0.821 bits per heavy atom. The molecule has 0 bridgehead atoms. The first-order chi connectivity index (χ1) is 13.7. The molecule has 0 aliphatic carbocycles. The second-order valence-corrected chi connectivity index (χ2v) is 8.01. The van der Waals surface area contributed by atoms with Crippen LogP contribution in [0.2, 0.25) is 10.0 Å². The van der Waals surface area contributed by atoms with Crippen LogP contribution in [0.15, 0.2) is 72.8 Å². The Bertz CT molecular complexity index is 891. The number of hydrogen-bond acceptors (Lipinski definition) is 2. The molecule has 1 atom stereocenters. The SMILES string of the molecule is Clc1cccc(Cl)c1Cc1ccc(C2CN(Cc3ccccc3)CCO2)cc1. The Kier molecular flexibility index (Phi) is 6.33. The average Bonchev–Trinajstić information content (AvgIpc) is 2.72. The Hall–Kier alpha value is -1.84. The zero-order chi connectivity index (χ0) is 19.3. The Morgan fingerprint density at radius 3 is 2.25 bits per heavy atom. The van der Waals surface area contributed by atoms with Crippen LogP contribution in [0, 0.1) is 0 Å². The van der Waals surface area contributed by atoms with E-state index in [2.05, 4.69) is 59.5 Å². The van der Waals surface area contributed by atoms with Crippen LogP contribution in [0.1, 0.15) is 28.4 Å². The smallest absolute Gasteiger partial charge is 0.0952 e. The molecule has 2 nitrogen and oxygen atoms in total. The highest BCUT2D eigenvalue weighted by Crippen LogP contribution is 2.28. The lowest BCUT2D eigenvalue weighted by Crippen LogP contribution is -2.37. The second-order valence-electron chi connectivity index (χ2n) is 7.20. The average molecular weight is 412 g/mol. The van der Waals surface area contributed by atoms with Crippen molar-refractivity contribution in [2.75, 3.05) is 19.7 Å². The quantitative estimate of drug-likeness (QED) is 0.498. The third-order valence-corrected chi connectivity index (χ3v) is 5.90. The minimum absolute atomic E-state index is 0.107. The van der Waals surface area contributed by atoms with Gasteiger partial charge in [-0.1, -0.05) is 83.9 Å². The molecule has 1 heterocycles. The molecule has 28 heavy (non-hydrogen) atoms. The molecular weight excluding hydrogens is 389 g/mol. The predicted molar refractivity (Wildman–Crippen MR) is 116 cm³/mol. The molecule has 0 N–H and O–H groups in total. The normalized spacial score (nSPS) is 17.6. The van der Waals surface area contributed by atoms with E-state index in [1.807, 2.05) is 18.2 Å². The summed E-state index contributed by atoms with van der Waals surface area (Å²) in [6.07, 6.45) is 0.833. The Labute approximate surface area is 176 Å². The van der Waals surface area contributed by atoms with Gasteiger partial charge in [-0.25, -0.2) is 0 Å². The van der Waals surface area contributed by atoms with Crippen molar-refractivity contribution in [2.24, 2.45) is 0 Å². The lowest BCUT2D eigenvalue weighted by molar-refractivity contribution is -0.0329. The van der Waals surface area contributed by atoms with E-state index in [1.54, 1.807) is 0 Å². The van der Waals surface area contributed by atoms with E-state index in [-0.39, 0.29) is 6.10 Å². The van der Waals surface area contributed by atoms with Gasteiger partial charge in [-0.15, -0.1) is 0 Å². The summed E-state index contributed by atoms with van der Waals surface area (Å²) in [5.41, 5.74) is 4.72. The molecular formula is C24H23Cl2NO. The van der Waals surface area contributed by atoms with Gasteiger partial charge < -0.3 is 4.74 Å². The molecule has 4 heteroatoms. The maximum Gasteiger partial charge on any atom is 0.0952 e. The van der Waals surface area contributed by atoms with Crippen molar-refractivity contribution >= 4 is 23.2 Å². The van der Waals surface area contributed by atoms with Crippen molar-refractivity contribution in [3.05, 3.63) is 105 Å². The van der Waals surface area contributed by atoms with Gasteiger partial charge in [0.1, 0.15) is 0 Å². The predicted octanol–water partition coefficient (Wildman–Crippen LogP) is 6.16. The number of ether oxygens (including phenoxy) is 1. The largest absolute Gasteiger partial charge is 0.371 e. The van der Waals surface area contributed by atoms with Crippen LogP contribution in [0.25, 0.3) is 0 Å². The van der Waals surface area contributed by atoms with Crippen molar-refractivity contribution in [2.45, 2.75) is 19.1 Å². The van der Waals surface area contributed by atoms with Gasteiger partial charge in [0, 0.05) is 36.1 Å². The van der Waals surface area contributed by atoms with Crippen LogP contribution in [0.4, 0.5) is 0 Å². The van der Waals surface area contributed by atoms with Gasteiger partial charge in [0.05, 0.1) is 12.7 Å². The minimum Gasteiger partial charge on any atom is -0.371 e. The third-order valence-electron chi connectivity index (χ3n) is 5.19. The van der Waals surface area contributed by atoms with Crippen molar-refractivity contribution in [1.82, 2.24) is 4.90 Å². The highest BCUT2D eigenvalue weighted by Gasteiger charge is 2.22. The summed E-state index contributed by atoms with van der Waals surface area (Å²) in [6, 6.07) is 24.9. The fourth-order valence-corrected chi connectivity index (χ4v) is 4.18. The summed E-state index contributed by atoms with van der Waals surface area (Å²) in [5, 5.41) is 1.42. The van der Waals surface area contributed by atoms with Gasteiger partial charge in [0.25, 0.3) is 0 Å². The summed E-state index contributed by atoms with van der Waals surface area (Å²) in [4.78, 5) is 2.46. The van der Waals surface area contributed by atoms with Crippen molar-refractivity contribution in [3.63, 3.8) is 0 Å². The van der Waals surface area contributed by atoms with E-state index < -0.39 is 0 Å². The van der Waals surface area contributed by atoms with Gasteiger partial charge in [-0.2, -0.15) is 0 Å². The zero-order valence-corrected chi connectivity index (χ0v) is 17.2. The van der Waals surface area contributed by atoms with Gasteiger partial charge >= 0.3 is 0 Å². The number of benzene rings is 3. The van der Waals surface area contributed by atoms with Crippen LogP contribution < -0.4 is 0 Å². The molecule has 1 fully saturated rings. The molecule has 144 valence electrons. The van der Waals surface area contributed by atoms with E-state index in [4.69, 9.17) is 27.9 Å². The maximum atomic E-state index is 6.31. The molecule has 0 aromatic heterocycles. The Morgan fingerprint density at radius 2 is 1.54 bits per heavy atom. The van der Waals surface area contributed by atoms with Crippen molar-refractivity contribution in [1.29, 1.82) is 0 Å². The first-order valence-electron chi connectivity index (χ1n) is 9.58. The maximum absolute atomic E-state index is 6.31. The van der Waals surface area contributed by atoms with E-state index in [0.29, 0.717) is 10.0 Å². The van der Waals surface area contributed by atoms with E-state index in [1.165, 1.54) is 16.7 Å². The fraction of sp³-hybridized carbons (Fsp3) is 0.250. The number of rotatable bonds is 5. The molecule has 1 aliphatic rings. The van der Waals surface area contributed by atoms with Gasteiger partial charge in [-0.3, -0.25) is 4.90 Å². The lowest BCUT2D eigenvalue weighted by Gasteiger charge is -2.33. The number of halogens is 2. The Balaban J connectivity index is 1.42. The van der Waals surface area contributed by atoms with Gasteiger partial charge in [-0.05, 0) is 34.4 Å². The van der Waals surface area contributed by atoms with Crippen LogP contribution in [0.3, 0.4) is 0 Å². The molecule has 1 unspecified atom stereocenters. The molecule has 3 aromatic rings. The molecule has 1 aliphatic heterocycles. The van der Waals surface area contributed by atoms with E-state index >= 15 is 0 Å². The minimum atomic E-state index is 0.107. The van der Waals surface area contributed by atoms with E-state index in [9.17, 15) is 0 Å². The number of morpholine rings is 1. The zero-order valence-electron chi connectivity index (χ0n) is 15.7. The monoisotopic (exact) mass is 411 g/mol. The topological polar surface area (TPSA) is 12.5 Å². The summed E-state index contributed by atoms with van der Waals surface area (Å²) < 4.78 is 6.04. The lowest BCUT2D eigenvalue weighted by atomic mass is 10.0. The van der Waals surface area contributed by atoms with Crippen LogP contribution in [-0.2, 0) is 17.7 Å². The summed E-state index contributed by atoms with van der Waals surface area (Å²) in [5.74, 6) is 0. The van der Waals surface area contributed by atoms with Crippen LogP contribution in [-0.4, -0.2) is 24.6 Å². The first kappa shape index (κ1) is 19.5. The van der Waals surface area contributed by atoms with Crippen LogP contribution >= 0.6 is 23.2 Å². The summed E-state index contributed by atoms with van der Waals surface area (Å²) >= 11 is 12.6. The first-order valence-corrected chi connectivity index (χ1v) is 10.3. The molecule has 1 saturated heterocycles. The summed E-state index contributed by atoms with van der Waals surface area (Å²) in [6.45, 7) is 3.59. The fourth-order valence-electron chi connectivity index (χ4n) is 3.64. The van der Waals surface area contributed by atoms with Crippen molar-refractivity contribution < 1.29 is 4.74 Å². The molecule has 0 spiro atoms. The molecule has 0 radical (unpaired) electrons. The molecule has 3 aromatic carbocycles. The summed E-state index contributed by atoms with van der Waals surface area (Å²) in [7, 11) is 0. The number of nitrogens with zero attached hydrogens (tertiary/aromatic N) is 1. The van der Waals surface area contributed by atoms with Gasteiger partial charge in [0.15, 0.2) is 0 Å². The molecule has 0 saturated carbocycles. The highest BCUT2D eigenvalue weighted by atomic mass is 35.5. The highest BCUT2D eigenvalue weighted by molar-refractivity contribution is 6.36. The second kappa shape index (κ2) is 9.11. The van der Waals surface area contributed by atoms with Crippen molar-refractivity contribution in [3.8, 4) is 0 Å². The standard InChI is InChI=1S/C24H23Cl2NO/c25-22-7-4-8-23(26)21(22)15-18-9-11-20(12-10-18)24-17-27(13-14-28-24)16-19-5-2-1-3-6-19/h1-12,24H,13-17H2. The number of hydrogen-bond donors (Lipinski definition) is 0. The van der Waals surface area contributed by atoms with Gasteiger partial charge in [0.2, 0.25) is 0 Å². The van der Waals surface area contributed by atoms with Crippen LogP contribution in [0.5, 0.6) is 0 Å². The third kappa shape index (κ3) is 4.76. The molecule has 0 amide bonds. The van der Waals surface area contributed by atoms with E-state index in [0.717, 1.165) is 38.2 Å². The molecule has 4 rings (SSSR count).